The van der Waals surface area contributed by atoms with Crippen LogP contribution in [0.3, 0.4) is 0 Å². The molecule has 2 heteroatoms. The smallest absolute Gasteiger partial charge is 0.0366 e. The Labute approximate surface area is 118 Å². The van der Waals surface area contributed by atoms with Gasteiger partial charge in [0.2, 0.25) is 0 Å². The lowest BCUT2D eigenvalue weighted by atomic mass is 9.86. The molecule has 0 amide bonds. The van der Waals surface area contributed by atoms with Crippen LogP contribution in [0.15, 0.2) is 24.3 Å². The second-order valence-corrected chi connectivity index (χ2v) is 6.42. The summed E-state index contributed by atoms with van der Waals surface area (Å²) in [6, 6.07) is 9.22. The number of hydrogen-bond donors (Lipinski definition) is 1. The van der Waals surface area contributed by atoms with Crippen LogP contribution in [0.4, 0.5) is 5.69 Å². The molecule has 0 aromatic heterocycles. The molecule has 19 heavy (non-hydrogen) atoms. The van der Waals surface area contributed by atoms with Gasteiger partial charge < -0.3 is 10.6 Å². The van der Waals surface area contributed by atoms with Crippen LogP contribution < -0.4 is 10.6 Å². The van der Waals surface area contributed by atoms with Crippen molar-refractivity contribution in [3.05, 3.63) is 29.8 Å². The quantitative estimate of drug-likeness (QED) is 0.898. The normalized spacial score (nSPS) is 18.9. The molecule has 2 rings (SSSR count). The van der Waals surface area contributed by atoms with Gasteiger partial charge in [0.05, 0.1) is 0 Å². The molecule has 1 saturated heterocycles. The first kappa shape index (κ1) is 14.4. The van der Waals surface area contributed by atoms with E-state index in [0.717, 1.165) is 18.3 Å². The van der Waals surface area contributed by atoms with E-state index in [2.05, 4.69) is 49.9 Å². The van der Waals surface area contributed by atoms with E-state index in [1.54, 1.807) is 0 Å². The highest BCUT2D eigenvalue weighted by Crippen LogP contribution is 2.27. The Bertz CT molecular complexity index is 373. The fourth-order valence-electron chi connectivity index (χ4n) is 3.04. The van der Waals surface area contributed by atoms with E-state index in [0.29, 0.717) is 0 Å². The topological polar surface area (TPSA) is 29.3 Å². The zero-order chi connectivity index (χ0) is 13.8. The summed E-state index contributed by atoms with van der Waals surface area (Å²) in [6.45, 7) is 9.17. The van der Waals surface area contributed by atoms with Crippen molar-refractivity contribution >= 4 is 5.69 Å². The second kappa shape index (κ2) is 6.42. The number of piperidine rings is 1. The highest BCUT2D eigenvalue weighted by molar-refractivity contribution is 5.48. The summed E-state index contributed by atoms with van der Waals surface area (Å²) in [5.74, 6) is 1.74. The SMILES string of the molecule is CC(N)Cc1ccc(N2CCC(C(C)C)CC2)cc1. The molecule has 106 valence electrons. The number of rotatable bonds is 4. The minimum atomic E-state index is 0.243. The third-order valence-electron chi connectivity index (χ3n) is 4.34. The maximum atomic E-state index is 5.84. The van der Waals surface area contributed by atoms with Crippen molar-refractivity contribution in [3.8, 4) is 0 Å². The fraction of sp³-hybridized carbons (Fsp3) is 0.647. The van der Waals surface area contributed by atoms with Crippen LogP contribution in [0, 0.1) is 11.8 Å². The maximum Gasteiger partial charge on any atom is 0.0366 e. The third kappa shape index (κ3) is 3.97. The Kier molecular flexibility index (Phi) is 4.87. The molecule has 0 bridgehead atoms. The number of nitrogens with zero attached hydrogens (tertiary/aromatic N) is 1. The van der Waals surface area contributed by atoms with Crippen LogP contribution in [-0.4, -0.2) is 19.1 Å². The Hall–Kier alpha value is -1.02. The third-order valence-corrected chi connectivity index (χ3v) is 4.34. The van der Waals surface area contributed by atoms with Gasteiger partial charge in [-0.3, -0.25) is 0 Å². The van der Waals surface area contributed by atoms with E-state index < -0.39 is 0 Å². The molecule has 0 spiro atoms. The minimum Gasteiger partial charge on any atom is -0.372 e. The lowest BCUT2D eigenvalue weighted by Crippen LogP contribution is -2.35. The summed E-state index contributed by atoms with van der Waals surface area (Å²) in [4.78, 5) is 2.52. The van der Waals surface area contributed by atoms with E-state index in [4.69, 9.17) is 5.73 Å². The van der Waals surface area contributed by atoms with E-state index in [-0.39, 0.29) is 6.04 Å². The molecule has 1 aliphatic heterocycles. The van der Waals surface area contributed by atoms with Gasteiger partial charge in [-0.25, -0.2) is 0 Å². The predicted octanol–water partition coefficient (Wildman–Crippen LogP) is 3.45. The molecule has 1 unspecified atom stereocenters. The Balaban J connectivity index is 1.92. The first-order valence-corrected chi connectivity index (χ1v) is 7.65. The van der Waals surface area contributed by atoms with Crippen molar-refractivity contribution < 1.29 is 0 Å². The van der Waals surface area contributed by atoms with Gasteiger partial charge in [0.25, 0.3) is 0 Å². The minimum absolute atomic E-state index is 0.243. The van der Waals surface area contributed by atoms with Gasteiger partial charge in [-0.15, -0.1) is 0 Å². The van der Waals surface area contributed by atoms with Crippen molar-refractivity contribution in [2.45, 2.75) is 46.1 Å². The van der Waals surface area contributed by atoms with Crippen molar-refractivity contribution in [2.75, 3.05) is 18.0 Å². The molecule has 2 nitrogen and oxygen atoms in total. The van der Waals surface area contributed by atoms with E-state index >= 15 is 0 Å². The van der Waals surface area contributed by atoms with Crippen LogP contribution >= 0.6 is 0 Å². The summed E-state index contributed by atoms with van der Waals surface area (Å²) < 4.78 is 0. The molecule has 1 heterocycles. The average molecular weight is 260 g/mol. The van der Waals surface area contributed by atoms with Gasteiger partial charge in [0.1, 0.15) is 0 Å². The highest BCUT2D eigenvalue weighted by atomic mass is 15.1. The van der Waals surface area contributed by atoms with E-state index in [1.807, 2.05) is 0 Å². The predicted molar refractivity (Wildman–Crippen MR) is 83.6 cm³/mol. The van der Waals surface area contributed by atoms with Gasteiger partial charge in [-0.05, 0) is 55.7 Å². The first-order chi connectivity index (χ1) is 9.06. The molecular weight excluding hydrogens is 232 g/mol. The van der Waals surface area contributed by atoms with E-state index in [9.17, 15) is 0 Å². The zero-order valence-corrected chi connectivity index (χ0v) is 12.6. The summed E-state index contributed by atoms with van der Waals surface area (Å²) in [5.41, 5.74) is 8.55. The van der Waals surface area contributed by atoms with Gasteiger partial charge in [0.15, 0.2) is 0 Å². The van der Waals surface area contributed by atoms with E-state index in [1.165, 1.54) is 37.2 Å². The number of benzene rings is 1. The number of anilines is 1. The molecule has 1 aliphatic rings. The van der Waals surface area contributed by atoms with Crippen LogP contribution in [0.1, 0.15) is 39.2 Å². The molecule has 2 N–H and O–H groups in total. The van der Waals surface area contributed by atoms with Crippen LogP contribution in [0.5, 0.6) is 0 Å². The second-order valence-electron chi connectivity index (χ2n) is 6.42. The zero-order valence-electron chi connectivity index (χ0n) is 12.6. The van der Waals surface area contributed by atoms with Crippen molar-refractivity contribution in [1.82, 2.24) is 0 Å². The lowest BCUT2D eigenvalue weighted by molar-refractivity contribution is 0.311. The average Bonchev–Trinajstić information content (AvgIpc) is 2.39. The molecule has 1 fully saturated rings. The Morgan fingerprint density at radius 3 is 2.16 bits per heavy atom. The Morgan fingerprint density at radius 1 is 1.11 bits per heavy atom. The first-order valence-electron chi connectivity index (χ1n) is 7.65. The summed E-state index contributed by atoms with van der Waals surface area (Å²) in [7, 11) is 0. The van der Waals surface area contributed by atoms with Gasteiger partial charge in [0, 0.05) is 24.8 Å². The number of nitrogens with two attached hydrogens (primary N) is 1. The Morgan fingerprint density at radius 2 is 1.68 bits per heavy atom. The molecule has 1 aromatic rings. The van der Waals surface area contributed by atoms with Crippen molar-refractivity contribution in [3.63, 3.8) is 0 Å². The molecule has 1 atom stereocenters. The maximum absolute atomic E-state index is 5.84. The molecular formula is C17H28N2. The van der Waals surface area contributed by atoms with Crippen LogP contribution in [-0.2, 0) is 6.42 Å². The molecule has 0 radical (unpaired) electrons. The van der Waals surface area contributed by atoms with Crippen LogP contribution in [0.25, 0.3) is 0 Å². The van der Waals surface area contributed by atoms with Gasteiger partial charge in [-0.1, -0.05) is 26.0 Å². The largest absolute Gasteiger partial charge is 0.372 e. The van der Waals surface area contributed by atoms with Gasteiger partial charge in [-0.2, -0.15) is 0 Å². The molecule has 1 aromatic carbocycles. The summed E-state index contributed by atoms with van der Waals surface area (Å²) in [5, 5.41) is 0. The van der Waals surface area contributed by atoms with Crippen molar-refractivity contribution in [1.29, 1.82) is 0 Å². The fourth-order valence-corrected chi connectivity index (χ4v) is 3.04. The lowest BCUT2D eigenvalue weighted by Gasteiger charge is -2.35. The van der Waals surface area contributed by atoms with Crippen molar-refractivity contribution in [2.24, 2.45) is 17.6 Å². The standard InChI is InChI=1S/C17H28N2/c1-13(2)16-8-10-19(11-9-16)17-6-4-15(5-7-17)12-14(3)18/h4-7,13-14,16H,8-12,18H2,1-3H3. The summed E-state index contributed by atoms with van der Waals surface area (Å²) in [6.07, 6.45) is 3.63. The molecule has 0 saturated carbocycles. The van der Waals surface area contributed by atoms with Gasteiger partial charge >= 0.3 is 0 Å². The highest BCUT2D eigenvalue weighted by Gasteiger charge is 2.21. The summed E-state index contributed by atoms with van der Waals surface area (Å²) >= 11 is 0. The number of hydrogen-bond acceptors (Lipinski definition) is 2. The molecule has 0 aliphatic carbocycles. The monoisotopic (exact) mass is 260 g/mol. The van der Waals surface area contributed by atoms with Crippen LogP contribution in [0.2, 0.25) is 0 Å².